The third-order valence-corrected chi connectivity index (χ3v) is 8.06. The van der Waals surface area contributed by atoms with E-state index in [1.165, 1.54) is 6.42 Å². The highest BCUT2D eigenvalue weighted by atomic mass is 35.5. The molecule has 0 bridgehead atoms. The fourth-order valence-corrected chi connectivity index (χ4v) is 5.91. The highest BCUT2D eigenvalue weighted by Gasteiger charge is 2.53. The number of aromatic nitrogens is 2. The lowest BCUT2D eigenvalue weighted by molar-refractivity contribution is -0.144. The van der Waals surface area contributed by atoms with Gasteiger partial charge < -0.3 is 29.9 Å². The van der Waals surface area contributed by atoms with Crippen LogP contribution in [0.1, 0.15) is 39.7 Å². The predicted octanol–water partition coefficient (Wildman–Crippen LogP) is 4.17. The molecule has 4 unspecified atom stereocenters. The molecule has 2 aromatic rings. The molecular weight excluding hydrogens is 492 g/mol. The van der Waals surface area contributed by atoms with Gasteiger partial charge in [-0.3, -0.25) is 0 Å². The van der Waals surface area contributed by atoms with E-state index in [1.54, 1.807) is 6.20 Å². The number of carbonyl (C=O) groups is 1. The fourth-order valence-electron chi connectivity index (χ4n) is 5.77. The summed E-state index contributed by atoms with van der Waals surface area (Å²) < 4.78 is 11.6. The molecule has 0 spiro atoms. The van der Waals surface area contributed by atoms with Crippen LogP contribution in [0.25, 0.3) is 5.70 Å². The number of ether oxygens (including phenoxy) is 2. The Morgan fingerprint density at radius 3 is 2.68 bits per heavy atom. The van der Waals surface area contributed by atoms with Gasteiger partial charge in [0, 0.05) is 37.1 Å². The van der Waals surface area contributed by atoms with E-state index in [0.717, 1.165) is 35.7 Å². The van der Waals surface area contributed by atoms with Gasteiger partial charge in [-0.15, -0.1) is 0 Å². The van der Waals surface area contributed by atoms with Crippen LogP contribution in [0.4, 0.5) is 23.1 Å². The topological polar surface area (TPSA) is 95.1 Å². The SMILES string of the molecule is CC1NC2=C(C(=O)OC1C)C1OC1N(C)c1ccc(Nc3nc(N4C[C@H](C)C[C@H](C)C4)ncc3Cl)cc12. The Kier molecular flexibility index (Phi) is 5.95. The van der Waals surface area contributed by atoms with Crippen molar-refractivity contribution in [3.63, 3.8) is 0 Å². The number of benzene rings is 1. The van der Waals surface area contributed by atoms with Gasteiger partial charge in [0.2, 0.25) is 5.95 Å². The Bertz CT molecular complexity index is 1270. The summed E-state index contributed by atoms with van der Waals surface area (Å²) in [6.45, 7) is 10.3. The zero-order valence-corrected chi connectivity index (χ0v) is 22.5. The van der Waals surface area contributed by atoms with Crippen molar-refractivity contribution in [2.45, 2.75) is 58.6 Å². The van der Waals surface area contributed by atoms with Crippen molar-refractivity contribution < 1.29 is 14.3 Å². The predicted molar refractivity (Wildman–Crippen MR) is 144 cm³/mol. The standard InChI is InChI=1S/C27H33ClN6O3/c1-13-8-14(2)12-34(11-13)27-29-10-19(28)24(32-27)31-17-6-7-20-18(9-17)22-21(23-25(37-23)33(20)5)26(35)36-16(4)15(3)30-22/h6-7,9-10,13-16,23,25,30H,8,11-12H2,1-5H3,(H,29,31,32)/t13-,14+,15?,16?,23?,25?. The van der Waals surface area contributed by atoms with Gasteiger partial charge in [-0.05, 0) is 50.3 Å². The number of piperidine rings is 1. The summed E-state index contributed by atoms with van der Waals surface area (Å²) in [5, 5.41) is 7.38. The lowest BCUT2D eigenvalue weighted by Crippen LogP contribution is -2.39. The average Bonchev–Trinajstić information content (AvgIpc) is 3.65. The van der Waals surface area contributed by atoms with Crippen LogP contribution in [-0.2, 0) is 14.3 Å². The molecule has 9 nitrogen and oxygen atoms in total. The first kappa shape index (κ1) is 24.3. The summed E-state index contributed by atoms with van der Waals surface area (Å²) in [4.78, 5) is 26.7. The van der Waals surface area contributed by atoms with Crippen molar-refractivity contribution in [2.75, 3.05) is 35.3 Å². The van der Waals surface area contributed by atoms with Gasteiger partial charge >= 0.3 is 5.97 Å². The van der Waals surface area contributed by atoms with Gasteiger partial charge in [0.1, 0.15) is 17.2 Å². The molecule has 0 saturated carbocycles. The molecule has 1 aromatic carbocycles. The lowest BCUT2D eigenvalue weighted by atomic mass is 9.92. The number of carbonyl (C=O) groups excluding carboxylic acids is 1. The second kappa shape index (κ2) is 9.06. The van der Waals surface area contributed by atoms with Gasteiger partial charge in [0.25, 0.3) is 0 Å². The van der Waals surface area contributed by atoms with E-state index in [4.69, 9.17) is 26.1 Å². The Hall–Kier alpha value is -3.04. The number of hydrogen-bond donors (Lipinski definition) is 2. The second-order valence-corrected chi connectivity index (χ2v) is 11.4. The number of likely N-dealkylation sites (N-methyl/N-ethyl adjacent to an activating group) is 1. The van der Waals surface area contributed by atoms with Crippen molar-refractivity contribution in [2.24, 2.45) is 11.8 Å². The molecule has 2 fully saturated rings. The first-order valence-corrected chi connectivity index (χ1v) is 13.4. The molecule has 1 aromatic heterocycles. The van der Waals surface area contributed by atoms with E-state index >= 15 is 0 Å². The smallest absolute Gasteiger partial charge is 0.339 e. The minimum Gasteiger partial charge on any atom is -0.457 e. The molecule has 4 aliphatic rings. The Balaban J connectivity index is 1.36. The van der Waals surface area contributed by atoms with Gasteiger partial charge in [-0.2, -0.15) is 4.98 Å². The molecule has 2 saturated heterocycles. The summed E-state index contributed by atoms with van der Waals surface area (Å²) in [7, 11) is 1.98. The zero-order chi connectivity index (χ0) is 26.0. The van der Waals surface area contributed by atoms with Crippen LogP contribution in [0, 0.1) is 11.8 Å². The van der Waals surface area contributed by atoms with Crippen molar-refractivity contribution >= 4 is 46.4 Å². The van der Waals surface area contributed by atoms with Crippen molar-refractivity contribution in [3.05, 3.63) is 40.6 Å². The van der Waals surface area contributed by atoms with E-state index in [0.29, 0.717) is 34.2 Å². The van der Waals surface area contributed by atoms with Crippen LogP contribution in [0.2, 0.25) is 5.02 Å². The molecule has 37 heavy (non-hydrogen) atoms. The number of cyclic esters (lactones) is 1. The summed E-state index contributed by atoms with van der Waals surface area (Å²) in [5.74, 6) is 2.07. The molecule has 10 heteroatoms. The zero-order valence-electron chi connectivity index (χ0n) is 21.8. The third-order valence-electron chi connectivity index (χ3n) is 7.78. The summed E-state index contributed by atoms with van der Waals surface area (Å²) in [6, 6.07) is 5.98. The molecule has 196 valence electrons. The van der Waals surface area contributed by atoms with E-state index in [2.05, 4.69) is 39.3 Å². The molecule has 2 N–H and O–H groups in total. The quantitative estimate of drug-likeness (QED) is 0.453. The van der Waals surface area contributed by atoms with Crippen molar-refractivity contribution in [1.29, 1.82) is 0 Å². The number of nitrogens with one attached hydrogen (secondary N) is 2. The van der Waals surface area contributed by atoms with Gasteiger partial charge in [-0.25, -0.2) is 9.78 Å². The van der Waals surface area contributed by atoms with E-state index in [9.17, 15) is 4.79 Å². The van der Waals surface area contributed by atoms with Crippen LogP contribution >= 0.6 is 11.6 Å². The monoisotopic (exact) mass is 524 g/mol. The Morgan fingerprint density at radius 2 is 1.92 bits per heavy atom. The van der Waals surface area contributed by atoms with Gasteiger partial charge in [0.15, 0.2) is 12.0 Å². The fraction of sp³-hybridized carbons (Fsp3) is 0.519. The maximum atomic E-state index is 13.1. The maximum absolute atomic E-state index is 13.1. The summed E-state index contributed by atoms with van der Waals surface area (Å²) >= 11 is 6.53. The molecule has 0 amide bonds. The number of rotatable bonds is 3. The highest BCUT2D eigenvalue weighted by Crippen LogP contribution is 2.46. The largest absolute Gasteiger partial charge is 0.457 e. The number of hydrogen-bond acceptors (Lipinski definition) is 9. The summed E-state index contributed by atoms with van der Waals surface area (Å²) in [6.07, 6.45) is 2.08. The highest BCUT2D eigenvalue weighted by molar-refractivity contribution is 6.32. The van der Waals surface area contributed by atoms with Crippen LogP contribution in [-0.4, -0.2) is 60.6 Å². The van der Waals surface area contributed by atoms with Crippen molar-refractivity contribution in [1.82, 2.24) is 15.3 Å². The van der Waals surface area contributed by atoms with E-state index in [-0.39, 0.29) is 30.4 Å². The molecule has 0 radical (unpaired) electrons. The molecule has 6 rings (SSSR count). The van der Waals surface area contributed by atoms with Gasteiger partial charge in [0.05, 0.1) is 23.5 Å². The molecule has 0 aliphatic carbocycles. The maximum Gasteiger partial charge on any atom is 0.339 e. The second-order valence-electron chi connectivity index (χ2n) is 11.0. The van der Waals surface area contributed by atoms with Crippen LogP contribution in [0.5, 0.6) is 0 Å². The van der Waals surface area contributed by atoms with Crippen LogP contribution < -0.4 is 20.4 Å². The number of fused-ring (bicyclic) bond motifs is 4. The Morgan fingerprint density at radius 1 is 1.16 bits per heavy atom. The lowest BCUT2D eigenvalue weighted by Gasteiger charge is -2.35. The van der Waals surface area contributed by atoms with Crippen LogP contribution in [0.3, 0.4) is 0 Å². The van der Waals surface area contributed by atoms with Crippen LogP contribution in [0.15, 0.2) is 30.0 Å². The number of halogens is 1. The number of esters is 1. The van der Waals surface area contributed by atoms with Crippen molar-refractivity contribution in [3.8, 4) is 0 Å². The third kappa shape index (κ3) is 4.38. The minimum atomic E-state index is -0.333. The van der Waals surface area contributed by atoms with E-state index in [1.807, 2.05) is 39.1 Å². The molecule has 4 aliphatic heterocycles. The number of nitrogens with zero attached hydrogens (tertiary/aromatic N) is 4. The molecule has 6 atom stereocenters. The Labute approximate surface area is 222 Å². The number of epoxide rings is 1. The average molecular weight is 525 g/mol. The molecule has 5 heterocycles. The van der Waals surface area contributed by atoms with E-state index < -0.39 is 0 Å². The normalized spacial score (nSPS) is 30.8. The van der Waals surface area contributed by atoms with Gasteiger partial charge in [-0.1, -0.05) is 25.4 Å². The first-order chi connectivity index (χ1) is 17.7. The summed E-state index contributed by atoms with van der Waals surface area (Å²) in [5.41, 5.74) is 3.97. The first-order valence-electron chi connectivity index (χ1n) is 13.0. The molecular formula is C27H33ClN6O3. The number of anilines is 4. The minimum absolute atomic E-state index is 0.0604.